The van der Waals surface area contributed by atoms with Gasteiger partial charge in [-0.15, -0.1) is 0 Å². The minimum Gasteiger partial charge on any atom is -0.493 e. The van der Waals surface area contributed by atoms with E-state index in [0.29, 0.717) is 71.2 Å². The second kappa shape index (κ2) is 18.2. The number of carbonyl (C=O) groups is 3. The fraction of sp³-hybridized carbons (Fsp3) is 0.206. The Morgan fingerprint density at radius 2 is 1.04 bits per heavy atom. The molecule has 0 bridgehead atoms. The number of hydrogen-bond donors (Lipinski definition) is 2. The molecule has 48 heavy (non-hydrogen) atoms. The first-order valence-corrected chi connectivity index (χ1v) is 16.6. The van der Waals surface area contributed by atoms with Gasteiger partial charge in [-0.2, -0.15) is 0 Å². The number of Topliss-reactive ketones (excluding diaryl/α,β-unsaturated/α-hetero) is 2. The van der Waals surface area contributed by atoms with Crippen LogP contribution in [0.3, 0.4) is 0 Å². The van der Waals surface area contributed by atoms with Crippen molar-refractivity contribution in [2.75, 3.05) is 44.8 Å². The Balaban J connectivity index is 0.000000264. The summed E-state index contributed by atoms with van der Waals surface area (Å²) in [6.07, 6.45) is 0.250. The van der Waals surface area contributed by atoms with Crippen molar-refractivity contribution in [3.63, 3.8) is 0 Å². The van der Waals surface area contributed by atoms with Crippen molar-refractivity contribution < 1.29 is 33.3 Å². The molecule has 4 aromatic carbocycles. The van der Waals surface area contributed by atoms with Crippen LogP contribution in [0.2, 0.25) is 20.1 Å². The number of amides is 1. The summed E-state index contributed by atoms with van der Waals surface area (Å²) in [4.78, 5) is 37.1. The van der Waals surface area contributed by atoms with E-state index in [1.165, 1.54) is 28.4 Å². The summed E-state index contributed by atoms with van der Waals surface area (Å²) in [5.74, 6) is 1.08. The molecule has 4 rings (SSSR count). The molecule has 0 spiro atoms. The number of nitrogens with two attached hydrogens (primary N) is 1. The van der Waals surface area contributed by atoms with E-state index in [4.69, 9.17) is 71.1 Å². The van der Waals surface area contributed by atoms with Gasteiger partial charge in [0.05, 0.1) is 59.5 Å². The molecule has 4 aromatic rings. The predicted molar refractivity (Wildman–Crippen MR) is 195 cm³/mol. The van der Waals surface area contributed by atoms with E-state index in [1.54, 1.807) is 60.7 Å². The average Bonchev–Trinajstić information content (AvgIpc) is 3.07. The van der Waals surface area contributed by atoms with Crippen molar-refractivity contribution >= 4 is 91.2 Å². The first kappa shape index (κ1) is 38.8. The zero-order chi connectivity index (χ0) is 35.5. The summed E-state index contributed by atoms with van der Waals surface area (Å²) in [6.45, 7) is 0. The summed E-state index contributed by atoms with van der Waals surface area (Å²) in [6, 6.07) is 16.3. The quantitative estimate of drug-likeness (QED) is 0.0828. The van der Waals surface area contributed by atoms with E-state index in [-0.39, 0.29) is 35.6 Å². The Bertz CT molecular complexity index is 1820. The van der Waals surface area contributed by atoms with Crippen molar-refractivity contribution in [3.05, 3.63) is 103 Å². The zero-order valence-corrected chi connectivity index (χ0v) is 30.8. The van der Waals surface area contributed by atoms with Crippen molar-refractivity contribution in [1.82, 2.24) is 0 Å². The average molecular weight is 801 g/mol. The third kappa shape index (κ3) is 10.2. The molecule has 1 amide bonds. The third-order valence-electron chi connectivity index (χ3n) is 6.77. The van der Waals surface area contributed by atoms with Crippen LogP contribution in [0.4, 0.5) is 11.4 Å². The van der Waals surface area contributed by atoms with E-state index in [1.807, 2.05) is 0 Å². The lowest BCUT2D eigenvalue weighted by atomic mass is 10.0. The second-order valence-corrected chi connectivity index (χ2v) is 12.1. The minimum absolute atomic E-state index is 0.0869. The first-order chi connectivity index (χ1) is 22.8. The smallest absolute Gasteiger partial charge is 0.235 e. The van der Waals surface area contributed by atoms with Crippen molar-refractivity contribution in [2.45, 2.75) is 12.8 Å². The van der Waals surface area contributed by atoms with E-state index >= 15 is 0 Å². The van der Waals surface area contributed by atoms with Gasteiger partial charge in [0.15, 0.2) is 34.6 Å². The predicted octanol–water partition coefficient (Wildman–Crippen LogP) is 8.79. The number of methoxy groups -OCH3 is 4. The third-order valence-corrected chi connectivity index (χ3v) is 8.76. The molecule has 0 unspecified atom stereocenters. The highest BCUT2D eigenvalue weighted by Gasteiger charge is 2.20. The Morgan fingerprint density at radius 3 is 1.48 bits per heavy atom. The van der Waals surface area contributed by atoms with Crippen LogP contribution in [0.1, 0.15) is 31.8 Å². The monoisotopic (exact) mass is 798 g/mol. The fourth-order valence-corrected chi connectivity index (χ4v) is 5.17. The largest absolute Gasteiger partial charge is 0.493 e. The summed E-state index contributed by atoms with van der Waals surface area (Å²) < 4.78 is 20.8. The SMILES string of the molecule is COc1cc(N)c(C(=O)Cc2ccc(Cl)c(Cl)c2)cc1OC.COc1cc(NC(=O)CBr)c(C(=O)Cc2ccc(Cl)c(Cl)c2)cc1OC. The van der Waals surface area contributed by atoms with Crippen LogP contribution in [0.15, 0.2) is 60.7 Å². The highest BCUT2D eigenvalue weighted by Crippen LogP contribution is 2.35. The van der Waals surface area contributed by atoms with Crippen molar-refractivity contribution in [2.24, 2.45) is 0 Å². The Labute approximate surface area is 306 Å². The molecule has 254 valence electrons. The summed E-state index contributed by atoms with van der Waals surface area (Å²) >= 11 is 26.8. The van der Waals surface area contributed by atoms with E-state index in [0.717, 1.165) is 5.56 Å². The van der Waals surface area contributed by atoms with Crippen LogP contribution in [-0.4, -0.2) is 51.2 Å². The number of halogens is 5. The van der Waals surface area contributed by atoms with Gasteiger partial charge in [-0.1, -0.05) is 74.5 Å². The van der Waals surface area contributed by atoms with Gasteiger partial charge in [-0.25, -0.2) is 0 Å². The number of benzene rings is 4. The first-order valence-electron chi connectivity index (χ1n) is 13.9. The number of carbonyl (C=O) groups excluding carboxylic acids is 3. The van der Waals surface area contributed by atoms with Crippen LogP contribution in [0.5, 0.6) is 23.0 Å². The number of ketones is 2. The molecule has 0 saturated carbocycles. The highest BCUT2D eigenvalue weighted by molar-refractivity contribution is 9.09. The fourth-order valence-electron chi connectivity index (χ4n) is 4.39. The van der Waals surface area contributed by atoms with E-state index in [2.05, 4.69) is 21.2 Å². The second-order valence-electron chi connectivity index (χ2n) is 9.93. The number of alkyl halides is 1. The van der Waals surface area contributed by atoms with Gasteiger partial charge in [0.25, 0.3) is 0 Å². The van der Waals surface area contributed by atoms with Crippen LogP contribution >= 0.6 is 62.3 Å². The zero-order valence-electron chi connectivity index (χ0n) is 26.2. The van der Waals surface area contributed by atoms with Crippen LogP contribution in [0.25, 0.3) is 0 Å². The van der Waals surface area contributed by atoms with Gasteiger partial charge in [-0.3, -0.25) is 14.4 Å². The Hall–Kier alpha value is -3.67. The molecule has 0 aliphatic heterocycles. The molecular weight excluding hydrogens is 770 g/mol. The van der Waals surface area contributed by atoms with E-state index < -0.39 is 0 Å². The topological polar surface area (TPSA) is 126 Å². The Morgan fingerprint density at radius 1 is 0.625 bits per heavy atom. The van der Waals surface area contributed by atoms with E-state index in [9.17, 15) is 14.4 Å². The van der Waals surface area contributed by atoms with Crippen molar-refractivity contribution in [1.29, 1.82) is 0 Å². The van der Waals surface area contributed by atoms with Crippen LogP contribution in [0, 0.1) is 0 Å². The van der Waals surface area contributed by atoms with Gasteiger partial charge in [0.2, 0.25) is 5.91 Å². The molecule has 0 radical (unpaired) electrons. The lowest BCUT2D eigenvalue weighted by molar-refractivity contribution is -0.113. The molecule has 0 heterocycles. The normalized spacial score (nSPS) is 10.4. The molecule has 3 N–H and O–H groups in total. The summed E-state index contributed by atoms with van der Waals surface area (Å²) in [7, 11) is 5.96. The molecule has 0 aliphatic rings. The molecule has 0 aromatic heterocycles. The molecule has 0 saturated heterocycles. The number of anilines is 2. The molecule has 0 fully saturated rings. The maximum atomic E-state index is 12.8. The molecule has 0 aliphatic carbocycles. The number of rotatable bonds is 12. The maximum absolute atomic E-state index is 12.8. The number of ether oxygens (including phenoxy) is 4. The number of nitrogen functional groups attached to an aromatic ring is 1. The van der Waals surface area contributed by atoms with Gasteiger partial charge < -0.3 is 30.0 Å². The lowest BCUT2D eigenvalue weighted by Gasteiger charge is -2.15. The molecule has 9 nitrogen and oxygen atoms in total. The van der Waals surface area contributed by atoms with Gasteiger partial charge in [0.1, 0.15) is 0 Å². The van der Waals surface area contributed by atoms with Gasteiger partial charge >= 0.3 is 0 Å². The maximum Gasteiger partial charge on any atom is 0.235 e. The Kier molecular flexibility index (Phi) is 14.7. The standard InChI is InChI=1S/C18H16BrCl2NO4.C16H15Cl2NO3/c1-25-16-7-11(14(8-17(16)26-2)22-18(24)9-19)15(23)6-10-3-4-12(20)13(21)5-10;1-21-15-7-10(13(19)8-16(15)22-2)14(20)6-9-3-4-11(17)12(18)5-9/h3-5,7-8H,6,9H2,1-2H3,(H,22,24);3-5,7-8H,6,19H2,1-2H3. The van der Waals surface area contributed by atoms with Gasteiger partial charge in [0, 0.05) is 41.8 Å². The summed E-state index contributed by atoms with van der Waals surface area (Å²) in [5, 5.41) is 4.43. The minimum atomic E-state index is -0.291. The van der Waals surface area contributed by atoms with Crippen molar-refractivity contribution in [3.8, 4) is 23.0 Å². The highest BCUT2D eigenvalue weighted by atomic mass is 79.9. The van der Waals surface area contributed by atoms with Crippen LogP contribution < -0.4 is 30.0 Å². The summed E-state index contributed by atoms with van der Waals surface area (Å²) in [5.41, 5.74) is 8.76. The lowest BCUT2D eigenvalue weighted by Crippen LogP contribution is -2.16. The van der Waals surface area contributed by atoms with Gasteiger partial charge in [-0.05, 0) is 47.5 Å². The van der Waals surface area contributed by atoms with Crippen LogP contribution in [-0.2, 0) is 17.6 Å². The molecule has 0 atom stereocenters. The molecule has 14 heteroatoms. The number of hydrogen-bond acceptors (Lipinski definition) is 8. The molecular formula is C34H31BrCl4N2O7. The number of nitrogens with one attached hydrogen (secondary N) is 1.